The molecule has 4 nitrogen and oxygen atoms in total. The van der Waals surface area contributed by atoms with E-state index in [0.717, 1.165) is 26.6 Å². The highest BCUT2D eigenvalue weighted by molar-refractivity contribution is 9.10. The Morgan fingerprint density at radius 1 is 1.00 bits per heavy atom. The smallest absolute Gasteiger partial charge is 0.0938 e. The van der Waals surface area contributed by atoms with Crippen molar-refractivity contribution in [2.24, 2.45) is 0 Å². The van der Waals surface area contributed by atoms with Crippen molar-refractivity contribution in [3.63, 3.8) is 0 Å². The average molecular weight is 325 g/mol. The van der Waals surface area contributed by atoms with Crippen LogP contribution < -0.4 is 11.0 Å². The van der Waals surface area contributed by atoms with E-state index in [4.69, 9.17) is 9.68 Å². The fourth-order valence-electron chi connectivity index (χ4n) is 1.82. The zero-order valence-corrected chi connectivity index (χ0v) is 12.6. The van der Waals surface area contributed by atoms with E-state index in [9.17, 15) is 0 Å². The first-order chi connectivity index (χ1) is 9.27. The van der Waals surface area contributed by atoms with Crippen molar-refractivity contribution in [2.45, 2.75) is 13.8 Å². The minimum absolute atomic E-state index is 0.582. The van der Waals surface area contributed by atoms with E-state index >= 15 is 0 Å². The van der Waals surface area contributed by atoms with Gasteiger partial charge in [0.25, 0.3) is 0 Å². The second-order valence-electron chi connectivity index (χ2n) is 3.90. The maximum Gasteiger partial charge on any atom is 0.0938 e. The van der Waals surface area contributed by atoms with Gasteiger partial charge in [0.2, 0.25) is 0 Å². The molecule has 0 aliphatic heterocycles. The first kappa shape index (κ1) is 14.1. The van der Waals surface area contributed by atoms with Crippen LogP contribution in [-0.2, 0) is 9.68 Å². The van der Waals surface area contributed by atoms with Gasteiger partial charge in [-0.2, -0.15) is 0 Å². The number of benzene rings is 2. The largest absolute Gasteiger partial charge is 0.276 e. The van der Waals surface area contributed by atoms with Gasteiger partial charge in [0.1, 0.15) is 0 Å². The number of halogens is 1. The Bertz CT molecular complexity index is 560. The molecule has 0 spiro atoms. The van der Waals surface area contributed by atoms with Crippen LogP contribution in [0.5, 0.6) is 0 Å². The van der Waals surface area contributed by atoms with Gasteiger partial charge in [-0.05, 0) is 25.3 Å². The van der Waals surface area contributed by atoms with Gasteiger partial charge in [-0.25, -0.2) is 0 Å². The van der Waals surface area contributed by atoms with Crippen molar-refractivity contribution in [2.75, 3.05) is 24.2 Å². The van der Waals surface area contributed by atoms with E-state index in [1.165, 1.54) is 0 Å². The summed E-state index contributed by atoms with van der Waals surface area (Å²) in [6.07, 6.45) is 0. The lowest BCUT2D eigenvalue weighted by Crippen LogP contribution is -2.07. The lowest BCUT2D eigenvalue weighted by Gasteiger charge is -2.16. The van der Waals surface area contributed by atoms with Gasteiger partial charge in [-0.1, -0.05) is 40.2 Å². The lowest BCUT2D eigenvalue weighted by molar-refractivity contribution is 0.204. The summed E-state index contributed by atoms with van der Waals surface area (Å²) in [6, 6.07) is 10.1. The summed E-state index contributed by atoms with van der Waals surface area (Å²) in [5, 5.41) is 2.18. The monoisotopic (exact) mass is 324 g/mol. The summed E-state index contributed by atoms with van der Waals surface area (Å²) < 4.78 is 1.01. The zero-order chi connectivity index (χ0) is 13.7. The molecule has 0 fully saturated rings. The third-order valence-corrected chi connectivity index (χ3v) is 3.30. The Hall–Kier alpha value is -1.30. The lowest BCUT2D eigenvalue weighted by atomic mass is 10.1. The molecule has 0 saturated carbocycles. The number of hydrogen-bond donors (Lipinski definition) is 2. The highest BCUT2D eigenvalue weighted by atomic mass is 79.9. The van der Waals surface area contributed by atoms with Crippen LogP contribution in [0.15, 0.2) is 34.8 Å². The second-order valence-corrected chi connectivity index (χ2v) is 4.75. The van der Waals surface area contributed by atoms with Crippen molar-refractivity contribution in [3.8, 4) is 0 Å². The Labute approximate surface area is 121 Å². The number of nitrogens with one attached hydrogen (secondary N) is 2. The molecular weight excluding hydrogens is 308 g/mol. The summed E-state index contributed by atoms with van der Waals surface area (Å²) in [5.74, 6) is 0. The van der Waals surface area contributed by atoms with E-state index < -0.39 is 0 Å². The minimum Gasteiger partial charge on any atom is -0.276 e. The third-order valence-electron chi connectivity index (χ3n) is 2.64. The van der Waals surface area contributed by atoms with Crippen LogP contribution in [-0.4, -0.2) is 13.2 Å². The molecule has 102 valence electrons. The molecular formula is C14H17BrN2O2. The maximum absolute atomic E-state index is 5.33. The summed E-state index contributed by atoms with van der Waals surface area (Å²) in [5.41, 5.74) is 7.61. The summed E-state index contributed by atoms with van der Waals surface area (Å²) in [7, 11) is 0. The SMILES string of the molecule is CCONc1cc(Br)c2ccccc2c1NOCC. The first-order valence-electron chi connectivity index (χ1n) is 6.24. The Kier molecular flexibility index (Phi) is 5.01. The molecule has 0 radical (unpaired) electrons. The number of rotatable bonds is 6. The Morgan fingerprint density at radius 3 is 2.32 bits per heavy atom. The molecule has 0 aliphatic carbocycles. The van der Waals surface area contributed by atoms with Gasteiger partial charge < -0.3 is 0 Å². The standard InChI is InChI=1S/C14H17BrN2O2/c1-3-18-16-13-9-12(15)10-7-5-6-8-11(10)14(13)17-19-4-2/h5-9,16-17H,3-4H2,1-2H3. The molecule has 2 aromatic carbocycles. The number of hydrogen-bond acceptors (Lipinski definition) is 4. The first-order valence-corrected chi connectivity index (χ1v) is 7.04. The molecule has 0 aliphatic rings. The fraction of sp³-hybridized carbons (Fsp3) is 0.286. The van der Waals surface area contributed by atoms with Crippen LogP contribution in [0, 0.1) is 0 Å². The van der Waals surface area contributed by atoms with Crippen LogP contribution in [0.25, 0.3) is 10.8 Å². The van der Waals surface area contributed by atoms with Crippen molar-refractivity contribution in [1.29, 1.82) is 0 Å². The Morgan fingerprint density at radius 2 is 1.63 bits per heavy atom. The molecule has 0 amide bonds. The topological polar surface area (TPSA) is 42.5 Å². The molecule has 0 aromatic heterocycles. The normalized spacial score (nSPS) is 10.7. The van der Waals surface area contributed by atoms with Crippen LogP contribution in [0.4, 0.5) is 11.4 Å². The minimum atomic E-state index is 0.582. The number of fused-ring (bicyclic) bond motifs is 1. The van der Waals surface area contributed by atoms with Crippen LogP contribution >= 0.6 is 15.9 Å². The van der Waals surface area contributed by atoms with Gasteiger partial charge in [0.05, 0.1) is 24.6 Å². The van der Waals surface area contributed by atoms with E-state index in [2.05, 4.69) is 33.0 Å². The van der Waals surface area contributed by atoms with E-state index in [1.807, 2.05) is 38.1 Å². The van der Waals surface area contributed by atoms with Crippen molar-refractivity contribution in [3.05, 3.63) is 34.8 Å². The van der Waals surface area contributed by atoms with Crippen molar-refractivity contribution in [1.82, 2.24) is 0 Å². The van der Waals surface area contributed by atoms with E-state index in [1.54, 1.807) is 0 Å². The predicted molar refractivity (Wildman–Crippen MR) is 82.1 cm³/mol. The van der Waals surface area contributed by atoms with Gasteiger partial charge in [-0.3, -0.25) is 20.6 Å². The summed E-state index contributed by atoms with van der Waals surface area (Å²) in [4.78, 5) is 10.6. The van der Waals surface area contributed by atoms with E-state index in [-0.39, 0.29) is 0 Å². The fourth-order valence-corrected chi connectivity index (χ4v) is 2.39. The molecule has 0 atom stereocenters. The van der Waals surface area contributed by atoms with E-state index in [0.29, 0.717) is 13.2 Å². The third kappa shape index (κ3) is 3.18. The summed E-state index contributed by atoms with van der Waals surface area (Å²) in [6.45, 7) is 5.03. The molecule has 0 heterocycles. The Balaban J connectivity index is 2.51. The predicted octanol–water partition coefficient (Wildman–Crippen LogP) is 4.33. The highest BCUT2D eigenvalue weighted by Crippen LogP contribution is 2.36. The van der Waals surface area contributed by atoms with Crippen LogP contribution in [0.1, 0.15) is 13.8 Å². The molecule has 0 unspecified atom stereocenters. The molecule has 2 aromatic rings. The van der Waals surface area contributed by atoms with Gasteiger partial charge in [0.15, 0.2) is 0 Å². The summed E-state index contributed by atoms with van der Waals surface area (Å²) >= 11 is 3.58. The quantitative estimate of drug-likeness (QED) is 0.776. The molecule has 0 bridgehead atoms. The number of anilines is 2. The van der Waals surface area contributed by atoms with Crippen molar-refractivity contribution >= 4 is 38.1 Å². The van der Waals surface area contributed by atoms with Crippen LogP contribution in [0.3, 0.4) is 0 Å². The second kappa shape index (κ2) is 6.75. The highest BCUT2D eigenvalue weighted by Gasteiger charge is 2.11. The zero-order valence-electron chi connectivity index (χ0n) is 11.0. The van der Waals surface area contributed by atoms with Gasteiger partial charge in [0, 0.05) is 9.86 Å². The molecule has 2 N–H and O–H groups in total. The van der Waals surface area contributed by atoms with Crippen molar-refractivity contribution < 1.29 is 9.68 Å². The molecule has 2 rings (SSSR count). The van der Waals surface area contributed by atoms with Gasteiger partial charge >= 0.3 is 0 Å². The molecule has 19 heavy (non-hydrogen) atoms. The average Bonchev–Trinajstić information content (AvgIpc) is 2.44. The molecule has 5 heteroatoms. The maximum atomic E-state index is 5.33. The van der Waals surface area contributed by atoms with Gasteiger partial charge in [-0.15, -0.1) is 0 Å². The van der Waals surface area contributed by atoms with Crippen LogP contribution in [0.2, 0.25) is 0 Å². The molecule has 0 saturated heterocycles.